The molecular weight excluding hydrogens is 266 g/mol. The normalized spacial score (nSPS) is 18.0. The number of rotatable bonds is 3. The van der Waals surface area contributed by atoms with E-state index in [1.807, 2.05) is 31.2 Å². The van der Waals surface area contributed by atoms with Crippen molar-refractivity contribution >= 4 is 22.4 Å². The number of nitrogen functional groups attached to an aromatic ring is 1. The van der Waals surface area contributed by atoms with E-state index in [2.05, 4.69) is 10.3 Å². The van der Waals surface area contributed by atoms with Gasteiger partial charge in [0.25, 0.3) is 5.91 Å². The summed E-state index contributed by atoms with van der Waals surface area (Å²) in [6.45, 7) is 3.17. The topological polar surface area (TPSA) is 77.2 Å². The third-order valence-electron chi connectivity index (χ3n) is 3.77. The number of hydrogen-bond donors (Lipinski definition) is 2. The number of fused-ring (bicyclic) bond motifs is 1. The first-order valence-corrected chi connectivity index (χ1v) is 7.21. The maximum atomic E-state index is 12.4. The number of nitrogens with zero attached hydrogens (tertiary/aromatic N) is 1. The first-order chi connectivity index (χ1) is 10.1. The number of aryl methyl sites for hydroxylation is 1. The first kappa shape index (κ1) is 13.8. The number of nitrogens with one attached hydrogen (secondary N) is 1. The summed E-state index contributed by atoms with van der Waals surface area (Å²) in [5.74, 6) is -0.176. The molecule has 0 radical (unpaired) electrons. The Morgan fingerprint density at radius 3 is 3.10 bits per heavy atom. The van der Waals surface area contributed by atoms with Gasteiger partial charge in [0.05, 0.1) is 6.10 Å². The molecule has 2 heterocycles. The lowest BCUT2D eigenvalue weighted by molar-refractivity contribution is 0.0855. The molecule has 0 bridgehead atoms. The Bertz CT molecular complexity index is 679. The molecule has 1 aromatic heterocycles. The number of aromatic nitrogens is 1. The summed E-state index contributed by atoms with van der Waals surface area (Å²) in [5, 5.41) is 4.56. The minimum absolute atomic E-state index is 0.120. The molecule has 1 aliphatic rings. The third-order valence-corrected chi connectivity index (χ3v) is 3.77. The van der Waals surface area contributed by atoms with Crippen LogP contribution in [0.25, 0.3) is 10.8 Å². The number of carbonyl (C=O) groups excluding carboxylic acids is 1. The number of ether oxygens (including phenoxy) is 1. The molecule has 2 aromatic rings. The Hall–Kier alpha value is -2.14. The van der Waals surface area contributed by atoms with Gasteiger partial charge < -0.3 is 15.8 Å². The molecule has 5 heteroatoms. The van der Waals surface area contributed by atoms with Crippen molar-refractivity contribution in [3.63, 3.8) is 0 Å². The molecule has 1 saturated heterocycles. The molecule has 1 atom stereocenters. The second-order valence-corrected chi connectivity index (χ2v) is 5.40. The molecule has 0 spiro atoms. The molecule has 1 aromatic carbocycles. The van der Waals surface area contributed by atoms with Crippen molar-refractivity contribution in [2.24, 2.45) is 0 Å². The van der Waals surface area contributed by atoms with Gasteiger partial charge in [-0.3, -0.25) is 4.79 Å². The Kier molecular flexibility index (Phi) is 3.75. The predicted octanol–water partition coefficient (Wildman–Crippen LogP) is 2.03. The largest absolute Gasteiger partial charge is 0.398 e. The fraction of sp³-hybridized carbons (Fsp3) is 0.375. The van der Waals surface area contributed by atoms with Crippen molar-refractivity contribution in [3.8, 4) is 0 Å². The van der Waals surface area contributed by atoms with Crippen LogP contribution in [0.15, 0.2) is 24.3 Å². The second-order valence-electron chi connectivity index (χ2n) is 5.40. The summed E-state index contributed by atoms with van der Waals surface area (Å²) in [6, 6.07) is 7.45. The summed E-state index contributed by atoms with van der Waals surface area (Å²) in [5.41, 5.74) is 7.85. The molecular formula is C16H19N3O2. The fourth-order valence-corrected chi connectivity index (χ4v) is 2.70. The van der Waals surface area contributed by atoms with Crippen LogP contribution in [-0.4, -0.2) is 30.1 Å². The van der Waals surface area contributed by atoms with Crippen LogP contribution in [0.5, 0.6) is 0 Å². The van der Waals surface area contributed by atoms with Gasteiger partial charge in [-0.15, -0.1) is 0 Å². The van der Waals surface area contributed by atoms with E-state index in [-0.39, 0.29) is 12.0 Å². The molecule has 110 valence electrons. The smallest absolute Gasteiger partial charge is 0.270 e. The monoisotopic (exact) mass is 285 g/mol. The number of nitrogens with two attached hydrogens (primary N) is 1. The van der Waals surface area contributed by atoms with Crippen LogP contribution in [0.4, 0.5) is 5.69 Å². The van der Waals surface area contributed by atoms with Gasteiger partial charge in [0, 0.05) is 35.3 Å². The second kappa shape index (κ2) is 5.69. The summed E-state index contributed by atoms with van der Waals surface area (Å²) >= 11 is 0. The lowest BCUT2D eigenvalue weighted by atomic mass is 10.1. The Morgan fingerprint density at radius 1 is 1.48 bits per heavy atom. The molecule has 0 aliphatic carbocycles. The number of carbonyl (C=O) groups is 1. The van der Waals surface area contributed by atoms with Gasteiger partial charge in [-0.2, -0.15) is 0 Å². The summed E-state index contributed by atoms with van der Waals surface area (Å²) in [4.78, 5) is 16.8. The van der Waals surface area contributed by atoms with Crippen molar-refractivity contribution in [2.75, 3.05) is 18.9 Å². The number of benzene rings is 1. The maximum Gasteiger partial charge on any atom is 0.270 e. The van der Waals surface area contributed by atoms with Gasteiger partial charge in [-0.05, 0) is 31.9 Å². The van der Waals surface area contributed by atoms with E-state index in [1.165, 1.54) is 0 Å². The molecule has 0 saturated carbocycles. The van der Waals surface area contributed by atoms with E-state index in [1.54, 1.807) is 0 Å². The van der Waals surface area contributed by atoms with Crippen molar-refractivity contribution < 1.29 is 9.53 Å². The zero-order chi connectivity index (χ0) is 14.8. The molecule has 1 unspecified atom stereocenters. The molecule has 21 heavy (non-hydrogen) atoms. The van der Waals surface area contributed by atoms with Gasteiger partial charge >= 0.3 is 0 Å². The Labute approximate surface area is 123 Å². The van der Waals surface area contributed by atoms with E-state index in [0.29, 0.717) is 17.9 Å². The first-order valence-electron chi connectivity index (χ1n) is 7.21. The molecule has 3 N–H and O–H groups in total. The van der Waals surface area contributed by atoms with Crippen LogP contribution in [0.2, 0.25) is 0 Å². The van der Waals surface area contributed by atoms with Crippen molar-refractivity contribution in [1.82, 2.24) is 10.3 Å². The minimum Gasteiger partial charge on any atom is -0.398 e. The van der Waals surface area contributed by atoms with Crippen molar-refractivity contribution in [1.29, 1.82) is 0 Å². The zero-order valence-corrected chi connectivity index (χ0v) is 12.1. The lowest BCUT2D eigenvalue weighted by Gasteiger charge is -2.12. The van der Waals surface area contributed by atoms with Crippen LogP contribution in [0.3, 0.4) is 0 Å². The van der Waals surface area contributed by atoms with Crippen LogP contribution in [0, 0.1) is 6.92 Å². The highest BCUT2D eigenvalue weighted by Crippen LogP contribution is 2.24. The van der Waals surface area contributed by atoms with Gasteiger partial charge in [0.1, 0.15) is 5.69 Å². The number of pyridine rings is 1. The standard InChI is InChI=1S/C16H19N3O2/c1-10-8-13-12(5-2-6-14(13)17)15(19-10)16(20)18-9-11-4-3-7-21-11/h2,5-6,8,11H,3-4,7,9,17H2,1H3,(H,18,20). The molecule has 5 nitrogen and oxygen atoms in total. The maximum absolute atomic E-state index is 12.4. The summed E-state index contributed by atoms with van der Waals surface area (Å²) in [7, 11) is 0. The minimum atomic E-state index is -0.176. The molecule has 1 amide bonds. The highest BCUT2D eigenvalue weighted by Gasteiger charge is 2.18. The number of anilines is 1. The van der Waals surface area contributed by atoms with E-state index < -0.39 is 0 Å². The molecule has 3 rings (SSSR count). The third kappa shape index (κ3) is 2.83. The fourth-order valence-electron chi connectivity index (χ4n) is 2.70. The molecule has 1 fully saturated rings. The highest BCUT2D eigenvalue weighted by molar-refractivity contribution is 6.08. The van der Waals surface area contributed by atoms with Crippen molar-refractivity contribution in [3.05, 3.63) is 35.7 Å². The van der Waals surface area contributed by atoms with Crippen LogP contribution in [-0.2, 0) is 4.74 Å². The summed E-state index contributed by atoms with van der Waals surface area (Å²) in [6.07, 6.45) is 2.17. The average Bonchev–Trinajstić information content (AvgIpc) is 2.98. The number of hydrogen-bond acceptors (Lipinski definition) is 4. The lowest BCUT2D eigenvalue weighted by Crippen LogP contribution is -2.32. The quantitative estimate of drug-likeness (QED) is 0.846. The summed E-state index contributed by atoms with van der Waals surface area (Å²) < 4.78 is 5.51. The SMILES string of the molecule is Cc1cc2c(N)cccc2c(C(=O)NCC2CCCO2)n1. The van der Waals surface area contributed by atoms with E-state index in [4.69, 9.17) is 10.5 Å². The van der Waals surface area contributed by atoms with Crippen LogP contribution < -0.4 is 11.1 Å². The molecule has 1 aliphatic heterocycles. The van der Waals surface area contributed by atoms with Crippen LogP contribution >= 0.6 is 0 Å². The zero-order valence-electron chi connectivity index (χ0n) is 12.1. The Balaban J connectivity index is 1.88. The van der Waals surface area contributed by atoms with Gasteiger partial charge in [-0.25, -0.2) is 4.98 Å². The van der Waals surface area contributed by atoms with Crippen LogP contribution in [0.1, 0.15) is 29.0 Å². The predicted molar refractivity (Wildman–Crippen MR) is 82.2 cm³/mol. The van der Waals surface area contributed by atoms with Gasteiger partial charge in [0.2, 0.25) is 0 Å². The van der Waals surface area contributed by atoms with Gasteiger partial charge in [-0.1, -0.05) is 12.1 Å². The van der Waals surface area contributed by atoms with Gasteiger partial charge in [0.15, 0.2) is 0 Å². The highest BCUT2D eigenvalue weighted by atomic mass is 16.5. The average molecular weight is 285 g/mol. The Morgan fingerprint density at radius 2 is 2.33 bits per heavy atom. The van der Waals surface area contributed by atoms with Crippen molar-refractivity contribution in [2.45, 2.75) is 25.9 Å². The van der Waals surface area contributed by atoms with E-state index in [9.17, 15) is 4.79 Å². The van der Waals surface area contributed by atoms with E-state index >= 15 is 0 Å². The van der Waals surface area contributed by atoms with E-state index in [0.717, 1.165) is 35.9 Å². The number of amides is 1.